The second-order valence-corrected chi connectivity index (χ2v) is 6.47. The summed E-state index contributed by atoms with van der Waals surface area (Å²) in [4.78, 5) is 11.3. The quantitative estimate of drug-likeness (QED) is 0.512. The van der Waals surface area contributed by atoms with Crippen LogP contribution in [0.25, 0.3) is 0 Å². The maximum atomic E-state index is 13.0. The van der Waals surface area contributed by atoms with Crippen LogP contribution in [0, 0.1) is 6.92 Å². The highest BCUT2D eigenvalue weighted by Gasteiger charge is 2.23. The zero-order valence-electron chi connectivity index (χ0n) is 11.2. The van der Waals surface area contributed by atoms with Crippen LogP contribution in [0.4, 0.5) is 9.57 Å². The molecule has 0 heterocycles. The fourth-order valence-electron chi connectivity index (χ4n) is 1.40. The molecule has 0 bridgehead atoms. The van der Waals surface area contributed by atoms with Gasteiger partial charge < -0.3 is 10.5 Å². The van der Waals surface area contributed by atoms with E-state index < -0.39 is 26.7 Å². The molecule has 0 amide bonds. The van der Waals surface area contributed by atoms with E-state index in [-0.39, 0.29) is 11.3 Å². The normalized spacial score (nSPS) is 12.3. The van der Waals surface area contributed by atoms with Gasteiger partial charge in [0.2, 0.25) is 0 Å². The number of benzene rings is 1. The molecule has 1 aromatic carbocycles. The SMILES string of the molecule is Cc1c(N)cc(S(=O)(=O)F)cc1C(=O)OC(C)(C)C. The summed E-state index contributed by atoms with van der Waals surface area (Å²) in [6, 6.07) is 1.90. The fourth-order valence-corrected chi connectivity index (χ4v) is 1.92. The molecule has 0 saturated heterocycles. The third kappa shape index (κ3) is 3.92. The number of carbonyl (C=O) groups is 1. The minimum Gasteiger partial charge on any atom is -0.456 e. The molecule has 0 aliphatic rings. The Hall–Kier alpha value is -1.63. The van der Waals surface area contributed by atoms with E-state index in [4.69, 9.17) is 10.5 Å². The van der Waals surface area contributed by atoms with Crippen LogP contribution in [0.15, 0.2) is 17.0 Å². The fraction of sp³-hybridized carbons (Fsp3) is 0.417. The lowest BCUT2D eigenvalue weighted by molar-refractivity contribution is 0.00685. The molecule has 0 aliphatic carbocycles. The van der Waals surface area contributed by atoms with Crippen molar-refractivity contribution in [1.82, 2.24) is 0 Å². The number of halogens is 1. The van der Waals surface area contributed by atoms with E-state index >= 15 is 0 Å². The molecule has 106 valence electrons. The second kappa shape index (κ2) is 4.80. The van der Waals surface area contributed by atoms with Crippen molar-refractivity contribution in [1.29, 1.82) is 0 Å². The maximum absolute atomic E-state index is 13.0. The molecule has 1 aromatic rings. The van der Waals surface area contributed by atoms with Crippen molar-refractivity contribution in [2.45, 2.75) is 38.2 Å². The molecule has 2 N–H and O–H groups in total. The van der Waals surface area contributed by atoms with Crippen molar-refractivity contribution < 1.29 is 21.8 Å². The van der Waals surface area contributed by atoms with Crippen molar-refractivity contribution in [3.05, 3.63) is 23.3 Å². The Morgan fingerprint density at radius 1 is 1.32 bits per heavy atom. The Morgan fingerprint density at radius 3 is 2.26 bits per heavy atom. The number of esters is 1. The Kier molecular flexibility index (Phi) is 3.90. The molecular formula is C12H16FNO4S. The molecule has 0 spiro atoms. The first kappa shape index (κ1) is 15.4. The maximum Gasteiger partial charge on any atom is 0.339 e. The number of hydrogen-bond donors (Lipinski definition) is 1. The lowest BCUT2D eigenvalue weighted by Gasteiger charge is -2.20. The molecule has 1 rings (SSSR count). The molecule has 0 unspecified atom stereocenters. The lowest BCUT2D eigenvalue weighted by Crippen LogP contribution is -2.24. The number of nitrogens with two attached hydrogens (primary N) is 1. The zero-order chi connectivity index (χ0) is 15.0. The van der Waals surface area contributed by atoms with Gasteiger partial charge in [0, 0.05) is 5.69 Å². The second-order valence-electron chi connectivity index (χ2n) is 5.12. The van der Waals surface area contributed by atoms with Crippen LogP contribution in [-0.2, 0) is 15.0 Å². The van der Waals surface area contributed by atoms with Crippen LogP contribution in [0.5, 0.6) is 0 Å². The van der Waals surface area contributed by atoms with Crippen molar-refractivity contribution in [2.24, 2.45) is 0 Å². The van der Waals surface area contributed by atoms with Gasteiger partial charge >= 0.3 is 16.2 Å². The molecule has 0 saturated carbocycles. The highest BCUT2D eigenvalue weighted by molar-refractivity contribution is 7.86. The van der Waals surface area contributed by atoms with E-state index in [0.717, 1.165) is 12.1 Å². The lowest BCUT2D eigenvalue weighted by atomic mass is 10.1. The van der Waals surface area contributed by atoms with E-state index in [2.05, 4.69) is 0 Å². The molecule has 0 atom stereocenters. The summed E-state index contributed by atoms with van der Waals surface area (Å²) in [7, 11) is -4.93. The summed E-state index contributed by atoms with van der Waals surface area (Å²) < 4.78 is 39.9. The Balaban J connectivity index is 3.36. The molecule has 0 aliphatic heterocycles. The number of hydrogen-bond acceptors (Lipinski definition) is 5. The highest BCUT2D eigenvalue weighted by atomic mass is 32.3. The van der Waals surface area contributed by atoms with Gasteiger partial charge in [-0.15, -0.1) is 3.89 Å². The van der Waals surface area contributed by atoms with Crippen molar-refractivity contribution in [3.8, 4) is 0 Å². The largest absolute Gasteiger partial charge is 0.456 e. The van der Waals surface area contributed by atoms with Gasteiger partial charge in [0.25, 0.3) is 0 Å². The summed E-state index contributed by atoms with van der Waals surface area (Å²) in [5, 5.41) is 0. The van der Waals surface area contributed by atoms with Crippen LogP contribution in [0.1, 0.15) is 36.7 Å². The van der Waals surface area contributed by atoms with E-state index in [1.54, 1.807) is 20.8 Å². The Morgan fingerprint density at radius 2 is 1.84 bits per heavy atom. The van der Waals surface area contributed by atoms with Crippen molar-refractivity contribution in [2.75, 3.05) is 5.73 Å². The predicted molar refractivity (Wildman–Crippen MR) is 69.1 cm³/mol. The molecule has 7 heteroatoms. The number of ether oxygens (including phenoxy) is 1. The number of nitrogen functional groups attached to an aromatic ring is 1. The van der Waals surface area contributed by atoms with Gasteiger partial charge in [-0.05, 0) is 45.4 Å². The van der Waals surface area contributed by atoms with E-state index in [0.29, 0.717) is 5.56 Å². The zero-order valence-corrected chi connectivity index (χ0v) is 12.0. The Labute approximate surface area is 111 Å². The number of carbonyl (C=O) groups excluding carboxylic acids is 1. The van der Waals surface area contributed by atoms with E-state index in [9.17, 15) is 17.1 Å². The summed E-state index contributed by atoms with van der Waals surface area (Å²) in [5.74, 6) is -0.748. The van der Waals surface area contributed by atoms with Crippen LogP contribution in [0.3, 0.4) is 0 Å². The first-order valence-electron chi connectivity index (χ1n) is 5.50. The van der Waals surface area contributed by atoms with Crippen LogP contribution in [-0.4, -0.2) is 20.0 Å². The molecular weight excluding hydrogens is 273 g/mol. The van der Waals surface area contributed by atoms with Gasteiger partial charge in [0.05, 0.1) is 5.56 Å². The third-order valence-electron chi connectivity index (χ3n) is 2.32. The average Bonchev–Trinajstić information content (AvgIpc) is 2.17. The van der Waals surface area contributed by atoms with Crippen LogP contribution in [0.2, 0.25) is 0 Å². The smallest absolute Gasteiger partial charge is 0.339 e. The summed E-state index contributed by atoms with van der Waals surface area (Å²) in [6.45, 7) is 6.53. The van der Waals surface area contributed by atoms with Gasteiger partial charge in [-0.3, -0.25) is 0 Å². The molecule has 0 fully saturated rings. The van der Waals surface area contributed by atoms with Crippen LogP contribution < -0.4 is 5.73 Å². The number of rotatable bonds is 2. The molecule has 19 heavy (non-hydrogen) atoms. The monoisotopic (exact) mass is 289 g/mol. The summed E-state index contributed by atoms with van der Waals surface area (Å²) >= 11 is 0. The first-order chi connectivity index (χ1) is 8.42. The minimum absolute atomic E-state index is 0.0135. The van der Waals surface area contributed by atoms with Crippen molar-refractivity contribution >= 4 is 21.9 Å². The summed E-state index contributed by atoms with van der Waals surface area (Å²) in [5.41, 5.74) is 5.13. The predicted octanol–water partition coefficient (Wildman–Crippen LogP) is 2.19. The van der Waals surface area contributed by atoms with Crippen molar-refractivity contribution in [3.63, 3.8) is 0 Å². The molecule has 0 radical (unpaired) electrons. The highest BCUT2D eigenvalue weighted by Crippen LogP contribution is 2.25. The average molecular weight is 289 g/mol. The topological polar surface area (TPSA) is 86.5 Å². The van der Waals surface area contributed by atoms with Gasteiger partial charge in [0.1, 0.15) is 10.5 Å². The van der Waals surface area contributed by atoms with Gasteiger partial charge in [-0.1, -0.05) is 0 Å². The first-order valence-corrected chi connectivity index (χ1v) is 6.88. The summed E-state index contributed by atoms with van der Waals surface area (Å²) in [6.07, 6.45) is 0. The van der Waals surface area contributed by atoms with Gasteiger partial charge in [0.15, 0.2) is 0 Å². The Bertz CT molecular complexity index is 617. The molecule has 5 nitrogen and oxygen atoms in total. The number of anilines is 1. The molecule has 0 aromatic heterocycles. The third-order valence-corrected chi connectivity index (χ3v) is 3.12. The van der Waals surface area contributed by atoms with Crippen LogP contribution >= 0.6 is 0 Å². The standard InChI is InChI=1S/C12H16FNO4S/c1-7-9(11(15)18-12(2,3)4)5-8(6-10(7)14)19(13,16)17/h5-6H,14H2,1-4H3. The van der Waals surface area contributed by atoms with Gasteiger partial charge in [-0.25, -0.2) is 4.79 Å². The van der Waals surface area contributed by atoms with E-state index in [1.165, 1.54) is 6.92 Å². The van der Waals surface area contributed by atoms with Gasteiger partial charge in [-0.2, -0.15) is 8.42 Å². The minimum atomic E-state index is -4.93. The van der Waals surface area contributed by atoms with E-state index in [1.807, 2.05) is 0 Å².